The largest absolute Gasteiger partial charge is 0.372 e. The standard InChI is InChI=1S/C20H25N3O4S/c1-14-11-23(12-15(2)27-14)19-9-6-17(10-21-19)20(24)22-18-7-4-16(5-8-18)13-28(3,25)26/h4-10,14-15H,11-13H2,1-3H3,(H,22,24). The van der Waals surface area contributed by atoms with Crippen LogP contribution in [0, 0.1) is 0 Å². The van der Waals surface area contributed by atoms with E-state index in [0.29, 0.717) is 16.8 Å². The van der Waals surface area contributed by atoms with Gasteiger partial charge in [0.05, 0.1) is 23.5 Å². The Morgan fingerprint density at radius 3 is 2.32 bits per heavy atom. The number of pyridine rings is 1. The van der Waals surface area contributed by atoms with Gasteiger partial charge in [0.25, 0.3) is 5.91 Å². The third-order valence-electron chi connectivity index (χ3n) is 4.39. The van der Waals surface area contributed by atoms with Crippen LogP contribution in [0.2, 0.25) is 0 Å². The van der Waals surface area contributed by atoms with Crippen molar-refractivity contribution in [3.8, 4) is 0 Å². The van der Waals surface area contributed by atoms with Crippen LogP contribution in [0.15, 0.2) is 42.6 Å². The van der Waals surface area contributed by atoms with Crippen LogP contribution in [0.25, 0.3) is 0 Å². The fourth-order valence-electron chi connectivity index (χ4n) is 3.26. The van der Waals surface area contributed by atoms with Crippen molar-refractivity contribution in [3.63, 3.8) is 0 Å². The van der Waals surface area contributed by atoms with Crippen LogP contribution in [-0.4, -0.2) is 50.9 Å². The molecule has 2 unspecified atom stereocenters. The minimum Gasteiger partial charge on any atom is -0.372 e. The number of nitrogens with zero attached hydrogens (tertiary/aromatic N) is 2. The summed E-state index contributed by atoms with van der Waals surface area (Å²) in [6.45, 7) is 5.60. The smallest absolute Gasteiger partial charge is 0.257 e. The number of anilines is 2. The SMILES string of the molecule is CC1CN(c2ccc(C(=O)Nc3ccc(CS(C)(=O)=O)cc3)cn2)CC(C)O1. The van der Waals surface area contributed by atoms with E-state index in [0.717, 1.165) is 18.9 Å². The Hall–Kier alpha value is -2.45. The highest BCUT2D eigenvalue weighted by molar-refractivity contribution is 7.89. The fourth-order valence-corrected chi connectivity index (χ4v) is 4.06. The zero-order chi connectivity index (χ0) is 20.3. The number of hydrogen-bond donors (Lipinski definition) is 1. The first-order valence-electron chi connectivity index (χ1n) is 9.14. The van der Waals surface area contributed by atoms with Crippen molar-refractivity contribution in [2.24, 2.45) is 0 Å². The van der Waals surface area contributed by atoms with Gasteiger partial charge in [0.2, 0.25) is 0 Å². The topological polar surface area (TPSA) is 88.6 Å². The number of rotatable bonds is 5. The molecule has 1 saturated heterocycles. The number of morpholine rings is 1. The van der Waals surface area contributed by atoms with Gasteiger partial charge in [0.15, 0.2) is 9.84 Å². The zero-order valence-corrected chi connectivity index (χ0v) is 17.1. The van der Waals surface area contributed by atoms with Crippen molar-refractivity contribution in [3.05, 3.63) is 53.7 Å². The summed E-state index contributed by atoms with van der Waals surface area (Å²) in [6, 6.07) is 10.4. The molecule has 1 aromatic carbocycles. The predicted molar refractivity (Wildman–Crippen MR) is 109 cm³/mol. The molecule has 1 N–H and O–H groups in total. The molecule has 1 aromatic heterocycles. The van der Waals surface area contributed by atoms with Gasteiger partial charge in [-0.25, -0.2) is 13.4 Å². The van der Waals surface area contributed by atoms with E-state index in [4.69, 9.17) is 4.74 Å². The number of carbonyl (C=O) groups is 1. The number of ether oxygens (including phenoxy) is 1. The van der Waals surface area contributed by atoms with E-state index >= 15 is 0 Å². The summed E-state index contributed by atoms with van der Waals surface area (Å²) in [5.74, 6) is 0.535. The molecule has 8 heteroatoms. The Morgan fingerprint density at radius 1 is 1.14 bits per heavy atom. The zero-order valence-electron chi connectivity index (χ0n) is 16.3. The second-order valence-electron chi connectivity index (χ2n) is 7.29. The molecule has 0 saturated carbocycles. The Kier molecular flexibility index (Phi) is 6.00. The number of hydrogen-bond acceptors (Lipinski definition) is 6. The van der Waals surface area contributed by atoms with Crippen molar-refractivity contribution in [1.82, 2.24) is 4.98 Å². The summed E-state index contributed by atoms with van der Waals surface area (Å²) < 4.78 is 28.4. The Balaban J connectivity index is 1.63. The molecule has 3 rings (SSSR count). The summed E-state index contributed by atoms with van der Waals surface area (Å²) >= 11 is 0. The number of aromatic nitrogens is 1. The second-order valence-corrected chi connectivity index (χ2v) is 9.43. The predicted octanol–water partition coefficient (Wildman–Crippen LogP) is 2.49. The number of amides is 1. The van der Waals surface area contributed by atoms with E-state index in [-0.39, 0.29) is 23.9 Å². The summed E-state index contributed by atoms with van der Waals surface area (Å²) in [6.07, 6.45) is 3.03. The van der Waals surface area contributed by atoms with Crippen molar-refractivity contribution in [1.29, 1.82) is 0 Å². The summed E-state index contributed by atoms with van der Waals surface area (Å²) in [5.41, 5.74) is 1.74. The molecule has 1 aliphatic rings. The van der Waals surface area contributed by atoms with Gasteiger partial charge >= 0.3 is 0 Å². The lowest BCUT2D eigenvalue weighted by Gasteiger charge is -2.36. The van der Waals surface area contributed by atoms with Crippen molar-refractivity contribution in [2.75, 3.05) is 29.6 Å². The molecule has 2 heterocycles. The van der Waals surface area contributed by atoms with E-state index < -0.39 is 9.84 Å². The van der Waals surface area contributed by atoms with Crippen LogP contribution in [-0.2, 0) is 20.3 Å². The average molecular weight is 404 g/mol. The molecule has 0 aliphatic carbocycles. The highest BCUT2D eigenvalue weighted by atomic mass is 32.2. The minimum absolute atomic E-state index is 0.0224. The van der Waals surface area contributed by atoms with Crippen LogP contribution in [0.3, 0.4) is 0 Å². The van der Waals surface area contributed by atoms with E-state index in [1.165, 1.54) is 6.26 Å². The quantitative estimate of drug-likeness (QED) is 0.825. The third-order valence-corrected chi connectivity index (χ3v) is 5.25. The molecule has 28 heavy (non-hydrogen) atoms. The Morgan fingerprint density at radius 2 is 1.79 bits per heavy atom. The lowest BCUT2D eigenvalue weighted by molar-refractivity contribution is -0.00546. The van der Waals surface area contributed by atoms with Crippen molar-refractivity contribution in [2.45, 2.75) is 31.8 Å². The van der Waals surface area contributed by atoms with Gasteiger partial charge < -0.3 is 15.0 Å². The number of benzene rings is 1. The van der Waals surface area contributed by atoms with Crippen LogP contribution in [0.4, 0.5) is 11.5 Å². The third kappa shape index (κ3) is 5.53. The summed E-state index contributed by atoms with van der Waals surface area (Å²) in [5, 5.41) is 2.80. The molecule has 0 spiro atoms. The first-order valence-corrected chi connectivity index (χ1v) is 11.2. The molecular weight excluding hydrogens is 378 g/mol. The highest BCUT2D eigenvalue weighted by Gasteiger charge is 2.23. The van der Waals surface area contributed by atoms with E-state index in [2.05, 4.69) is 15.2 Å². The highest BCUT2D eigenvalue weighted by Crippen LogP contribution is 2.19. The Labute approximate surface area is 165 Å². The van der Waals surface area contributed by atoms with Gasteiger partial charge in [0.1, 0.15) is 5.82 Å². The molecular formula is C20H25N3O4S. The maximum absolute atomic E-state index is 12.4. The van der Waals surface area contributed by atoms with Gasteiger partial charge in [0, 0.05) is 31.2 Å². The van der Waals surface area contributed by atoms with Gasteiger partial charge in [-0.1, -0.05) is 12.1 Å². The number of nitrogens with one attached hydrogen (secondary N) is 1. The number of carbonyl (C=O) groups excluding carboxylic acids is 1. The molecule has 1 aliphatic heterocycles. The first kappa shape index (κ1) is 20.3. The van der Waals surface area contributed by atoms with Gasteiger partial charge in [-0.15, -0.1) is 0 Å². The van der Waals surface area contributed by atoms with Crippen LogP contribution >= 0.6 is 0 Å². The monoisotopic (exact) mass is 403 g/mol. The molecule has 150 valence electrons. The van der Waals surface area contributed by atoms with Crippen molar-refractivity contribution < 1.29 is 17.9 Å². The lowest BCUT2D eigenvalue weighted by Crippen LogP contribution is -2.45. The maximum Gasteiger partial charge on any atom is 0.257 e. The van der Waals surface area contributed by atoms with E-state index in [1.807, 2.05) is 19.9 Å². The first-order chi connectivity index (χ1) is 13.2. The van der Waals surface area contributed by atoms with Gasteiger partial charge in [-0.2, -0.15) is 0 Å². The van der Waals surface area contributed by atoms with Crippen LogP contribution in [0.5, 0.6) is 0 Å². The van der Waals surface area contributed by atoms with Crippen LogP contribution < -0.4 is 10.2 Å². The van der Waals surface area contributed by atoms with E-state index in [9.17, 15) is 13.2 Å². The fraction of sp³-hybridized carbons (Fsp3) is 0.400. The molecule has 0 radical (unpaired) electrons. The molecule has 7 nitrogen and oxygen atoms in total. The average Bonchev–Trinajstić information content (AvgIpc) is 2.61. The molecule has 2 aromatic rings. The molecule has 2 atom stereocenters. The normalized spacial score (nSPS) is 20.0. The van der Waals surface area contributed by atoms with Crippen LogP contribution in [0.1, 0.15) is 29.8 Å². The summed E-state index contributed by atoms with van der Waals surface area (Å²) in [4.78, 5) is 19.0. The molecule has 1 fully saturated rings. The minimum atomic E-state index is -3.08. The molecule has 0 bridgehead atoms. The second kappa shape index (κ2) is 8.28. The summed E-state index contributed by atoms with van der Waals surface area (Å²) in [7, 11) is -3.08. The maximum atomic E-state index is 12.4. The number of sulfone groups is 1. The van der Waals surface area contributed by atoms with Gasteiger partial charge in [-0.05, 0) is 43.7 Å². The Bertz CT molecular complexity index is 917. The molecule has 1 amide bonds. The van der Waals surface area contributed by atoms with E-state index in [1.54, 1.807) is 36.5 Å². The van der Waals surface area contributed by atoms with Crippen molar-refractivity contribution >= 4 is 27.2 Å². The van der Waals surface area contributed by atoms with Gasteiger partial charge in [-0.3, -0.25) is 4.79 Å². The lowest BCUT2D eigenvalue weighted by atomic mass is 10.2.